The fourth-order valence-corrected chi connectivity index (χ4v) is 7.92. The predicted molar refractivity (Wildman–Crippen MR) is 196 cm³/mol. The quantitative estimate of drug-likeness (QED) is 0.230. The van der Waals surface area contributed by atoms with Crippen LogP contribution in [0.3, 0.4) is 0 Å². The van der Waals surface area contributed by atoms with Gasteiger partial charge in [-0.25, -0.2) is 0 Å². The first-order valence-electron chi connectivity index (χ1n) is 16.9. The summed E-state index contributed by atoms with van der Waals surface area (Å²) in [5, 5.41) is 9.66. The standard InChI is InChI=1S/C38H46N5O4S/c1-24(2)48(5)41-37(44)26-11-13-31-33(21-26)43-23-28(35(40-3)32(22-39)38(45)42-15-17-47-18-16-42)19-27-20-29(46-4)12-14-30(27)36(43)34(31)25-9-7-6-8-10-25/h5,11-14,19-22,24-25,32,39H,6-10,15-18,23H2,1-4H3,(H,41,44)/q-1. The molecule has 1 unspecified atom stereocenters. The van der Waals surface area contributed by atoms with Crippen LogP contribution in [0.15, 0.2) is 47.0 Å². The molecule has 2 aliphatic heterocycles. The zero-order valence-electron chi connectivity index (χ0n) is 28.4. The van der Waals surface area contributed by atoms with E-state index >= 15 is 0 Å². The van der Waals surface area contributed by atoms with Gasteiger partial charge in [0.15, 0.2) is 0 Å². The van der Waals surface area contributed by atoms with E-state index in [1.165, 1.54) is 31.0 Å². The molecule has 3 heterocycles. The number of amides is 2. The third kappa shape index (κ3) is 6.49. The van der Waals surface area contributed by atoms with Crippen molar-refractivity contribution in [2.24, 2.45) is 10.9 Å². The van der Waals surface area contributed by atoms with Gasteiger partial charge in [0.25, 0.3) is 0 Å². The summed E-state index contributed by atoms with van der Waals surface area (Å²) >= 11 is 0. The lowest BCUT2D eigenvalue weighted by Crippen LogP contribution is -2.46. The predicted octanol–water partition coefficient (Wildman–Crippen LogP) is 6.22. The van der Waals surface area contributed by atoms with E-state index in [9.17, 15) is 9.59 Å². The first-order chi connectivity index (χ1) is 23.2. The number of morpholine rings is 1. The normalized spacial score (nSPS) is 17.8. The fraction of sp³-hybridized carbons (Fsp3) is 0.447. The molecule has 10 heteroatoms. The summed E-state index contributed by atoms with van der Waals surface area (Å²) in [6.07, 6.45) is 9.13. The van der Waals surface area contributed by atoms with Gasteiger partial charge in [-0.05, 0) is 71.9 Å². The van der Waals surface area contributed by atoms with E-state index in [-0.39, 0.29) is 17.1 Å². The Kier molecular flexibility index (Phi) is 10.2. The van der Waals surface area contributed by atoms with Crippen molar-refractivity contribution in [3.63, 3.8) is 0 Å². The Labute approximate surface area is 285 Å². The molecule has 1 atom stereocenters. The zero-order chi connectivity index (χ0) is 33.9. The van der Waals surface area contributed by atoms with Gasteiger partial charge in [0.1, 0.15) is 11.7 Å². The van der Waals surface area contributed by atoms with E-state index in [2.05, 4.69) is 27.5 Å². The maximum atomic E-state index is 13.9. The van der Waals surface area contributed by atoms with Crippen molar-refractivity contribution in [3.05, 3.63) is 58.7 Å². The second-order valence-electron chi connectivity index (χ2n) is 13.1. The number of ether oxygens (including phenoxy) is 2. The number of allylic oxidation sites excluding steroid dienone is 1. The van der Waals surface area contributed by atoms with Crippen LogP contribution < -0.4 is 9.46 Å². The van der Waals surface area contributed by atoms with Crippen LogP contribution in [0.4, 0.5) is 0 Å². The highest BCUT2D eigenvalue weighted by Crippen LogP contribution is 2.47. The Hall–Kier alpha value is -4.11. The number of aliphatic imine (C=N–C) groups is 1. The van der Waals surface area contributed by atoms with Crippen molar-refractivity contribution in [1.29, 1.82) is 5.41 Å². The van der Waals surface area contributed by atoms with E-state index in [0.29, 0.717) is 50.0 Å². The van der Waals surface area contributed by atoms with Crippen LogP contribution in [0.5, 0.6) is 5.75 Å². The molecule has 1 aromatic heterocycles. The largest absolute Gasteiger partial charge is 0.497 e. The third-order valence-corrected chi connectivity index (χ3v) is 11.3. The van der Waals surface area contributed by atoms with Crippen molar-refractivity contribution in [2.45, 2.75) is 63.7 Å². The van der Waals surface area contributed by atoms with Gasteiger partial charge in [-0.15, -0.1) is 5.25 Å². The van der Waals surface area contributed by atoms with E-state index < -0.39 is 16.4 Å². The molecule has 2 amide bonds. The van der Waals surface area contributed by atoms with Crippen LogP contribution in [0.2, 0.25) is 0 Å². The number of hydrogen-bond donors (Lipinski definition) is 2. The number of hydrogen-bond acceptors (Lipinski definition) is 7. The lowest BCUT2D eigenvalue weighted by atomic mass is 9.81. The number of aromatic nitrogens is 1. The van der Waals surface area contributed by atoms with Crippen molar-refractivity contribution in [1.82, 2.24) is 14.2 Å². The monoisotopic (exact) mass is 668 g/mol. The molecule has 48 heavy (non-hydrogen) atoms. The Morgan fingerprint density at radius 3 is 2.54 bits per heavy atom. The molecule has 2 fully saturated rings. The highest BCUT2D eigenvalue weighted by molar-refractivity contribution is 7.85. The molecule has 2 aromatic carbocycles. The van der Waals surface area contributed by atoms with Gasteiger partial charge < -0.3 is 45.2 Å². The number of carbonyl (C=O) groups is 2. The molecule has 0 spiro atoms. The van der Waals surface area contributed by atoms with Crippen LogP contribution in [0.1, 0.15) is 73.4 Å². The van der Waals surface area contributed by atoms with Gasteiger partial charge in [0.2, 0.25) is 11.8 Å². The highest BCUT2D eigenvalue weighted by atomic mass is 32.2. The summed E-state index contributed by atoms with van der Waals surface area (Å²) in [5.41, 5.74) is 13.6. The molecule has 0 radical (unpaired) electrons. The number of rotatable bonds is 7. The first kappa shape index (κ1) is 33.8. The Bertz CT molecular complexity index is 1870. The lowest BCUT2D eigenvalue weighted by molar-refractivity contribution is -0.135. The SMILES string of the molecule is C#[S-](NC(=O)c1ccc2c(C3CCCCC3)c3n(c2c1)CC(C(=NC)C(C=N)C(=O)N1CCOCC1)=Cc1cc(OC)ccc1-3)C(C)C. The summed E-state index contributed by atoms with van der Waals surface area (Å²) < 4.78 is 16.5. The smallest absolute Gasteiger partial charge is 0.237 e. The van der Waals surface area contributed by atoms with Crippen molar-refractivity contribution in [3.8, 4) is 22.7 Å². The number of fused-ring (bicyclic) bond motifs is 5. The van der Waals surface area contributed by atoms with Gasteiger partial charge in [0, 0.05) is 48.4 Å². The maximum absolute atomic E-state index is 13.9. The van der Waals surface area contributed by atoms with Crippen molar-refractivity contribution >= 4 is 51.2 Å². The lowest BCUT2D eigenvalue weighted by Gasteiger charge is -2.30. The van der Waals surface area contributed by atoms with Gasteiger partial charge >= 0.3 is 0 Å². The Morgan fingerprint density at radius 2 is 1.88 bits per heavy atom. The summed E-state index contributed by atoms with van der Waals surface area (Å²) in [6, 6.07) is 12.2. The van der Waals surface area contributed by atoms with Crippen LogP contribution in [-0.2, 0) is 26.6 Å². The second-order valence-corrected chi connectivity index (χ2v) is 15.0. The Balaban J connectivity index is 1.55. The minimum atomic E-state index is -0.838. The average Bonchev–Trinajstić information content (AvgIpc) is 3.33. The molecule has 1 saturated heterocycles. The number of carbonyl (C=O) groups excluding carboxylic acids is 2. The number of methoxy groups -OCH3 is 1. The molecule has 2 N–H and O–H groups in total. The van der Waals surface area contributed by atoms with Crippen LogP contribution >= 0.6 is 0 Å². The summed E-state index contributed by atoms with van der Waals surface area (Å²) in [6.45, 7) is 6.34. The van der Waals surface area contributed by atoms with Crippen LogP contribution in [0.25, 0.3) is 28.2 Å². The topological polar surface area (TPSA) is 109 Å². The molecular formula is C38H46N5O4S-. The van der Waals surface area contributed by atoms with Crippen LogP contribution in [0, 0.1) is 17.0 Å². The van der Waals surface area contributed by atoms with Crippen molar-refractivity contribution in [2.75, 3.05) is 40.5 Å². The van der Waals surface area contributed by atoms with Crippen molar-refractivity contribution < 1.29 is 19.1 Å². The summed E-state index contributed by atoms with van der Waals surface area (Å²) in [5.74, 6) is -0.0731. The molecule has 6 rings (SSSR count). The van der Waals surface area contributed by atoms with Gasteiger partial charge in [-0.1, -0.05) is 39.2 Å². The third-order valence-electron chi connectivity index (χ3n) is 9.89. The highest BCUT2D eigenvalue weighted by Gasteiger charge is 2.34. The van der Waals surface area contributed by atoms with E-state index in [1.807, 2.05) is 38.1 Å². The maximum Gasteiger partial charge on any atom is 0.237 e. The number of benzene rings is 2. The minimum Gasteiger partial charge on any atom is -0.497 e. The van der Waals surface area contributed by atoms with E-state index in [0.717, 1.165) is 51.9 Å². The van der Waals surface area contributed by atoms with Crippen LogP contribution in [-0.4, -0.2) is 78.9 Å². The van der Waals surface area contributed by atoms with Gasteiger partial charge in [-0.3, -0.25) is 14.6 Å². The number of nitrogens with one attached hydrogen (secondary N) is 2. The summed E-state index contributed by atoms with van der Waals surface area (Å²) in [4.78, 5) is 33.8. The number of nitrogens with zero attached hydrogens (tertiary/aromatic N) is 3. The molecule has 3 aliphatic rings. The van der Waals surface area contributed by atoms with Gasteiger partial charge in [0.05, 0.1) is 38.3 Å². The molecule has 254 valence electrons. The molecule has 9 nitrogen and oxygen atoms in total. The summed E-state index contributed by atoms with van der Waals surface area (Å²) in [7, 11) is 2.60. The zero-order valence-corrected chi connectivity index (χ0v) is 29.2. The van der Waals surface area contributed by atoms with E-state index in [1.54, 1.807) is 19.1 Å². The molecular weight excluding hydrogens is 623 g/mol. The fourth-order valence-electron chi connectivity index (χ4n) is 7.35. The minimum absolute atomic E-state index is 0.120. The van der Waals surface area contributed by atoms with E-state index in [4.69, 9.17) is 25.6 Å². The average molecular weight is 669 g/mol. The molecule has 1 aliphatic carbocycles. The second kappa shape index (κ2) is 14.6. The molecule has 1 saturated carbocycles. The molecule has 3 aromatic rings. The van der Waals surface area contributed by atoms with Gasteiger partial charge in [-0.2, -0.15) is 0 Å². The Morgan fingerprint density at radius 1 is 1.12 bits per heavy atom. The molecule has 0 bridgehead atoms. The first-order valence-corrected chi connectivity index (χ1v) is 18.3.